The Morgan fingerprint density at radius 2 is 0.595 bits per heavy atom. The zero-order valence-corrected chi connectivity index (χ0v) is 50.7. The Kier molecular flexibility index (Phi) is 17.9. The standard InChI is InChI=1S/C21H22N.2C20H20N.C19H18N/c1-15-10-11-19(16(2)12-15)21-13-17(3)20(14-22(21)4)18-8-6-5-7-9-18;1-15-9-7-8-12-18(15)20-13-19(16(2)14-21(20)3)17-10-5-4-6-11-17;1-15-9-10-19(16(2)13-15)20-14-18(11-12-21(20)3)17-7-5-4-6-8-17;1-15-8-6-7-11-18(15)19-14-17(12-13-20(19)2)16-9-4-3-5-10-16/h5-14H,1-4H3;2*4-14H,1-3H3;3-14H,1-2H3/q4*+1/i1D3;;;. The highest BCUT2D eigenvalue weighted by Gasteiger charge is 2.19. The number of benzene rings is 8. The fourth-order valence-corrected chi connectivity index (χ4v) is 11.0. The van der Waals surface area contributed by atoms with E-state index in [1.807, 2.05) is 38.2 Å². The molecule has 4 heterocycles. The van der Waals surface area contributed by atoms with Crippen molar-refractivity contribution in [3.8, 4) is 89.5 Å². The van der Waals surface area contributed by atoms with E-state index >= 15 is 0 Å². The van der Waals surface area contributed by atoms with Crippen molar-refractivity contribution in [1.82, 2.24) is 0 Å². The van der Waals surface area contributed by atoms with E-state index in [0.29, 0.717) is 5.56 Å². The van der Waals surface area contributed by atoms with Gasteiger partial charge in [0.05, 0.1) is 0 Å². The fourth-order valence-electron chi connectivity index (χ4n) is 11.0. The molecule has 12 rings (SSSR count). The molecule has 4 nitrogen and oxygen atoms in total. The van der Waals surface area contributed by atoms with E-state index in [2.05, 4.69) is 312 Å². The summed E-state index contributed by atoms with van der Waals surface area (Å²) >= 11 is 0. The molecule has 0 unspecified atom stereocenters. The summed E-state index contributed by atoms with van der Waals surface area (Å²) in [4.78, 5) is 0. The molecule has 12 aromatic rings. The summed E-state index contributed by atoms with van der Waals surface area (Å²) < 4.78 is 31.4. The molecule has 4 heteroatoms. The first-order valence-corrected chi connectivity index (χ1v) is 28.9. The normalized spacial score (nSPS) is 11.3. The van der Waals surface area contributed by atoms with Crippen molar-refractivity contribution < 1.29 is 22.4 Å². The van der Waals surface area contributed by atoms with Crippen LogP contribution < -0.4 is 18.3 Å². The number of hydrogen-bond donors (Lipinski definition) is 0. The van der Waals surface area contributed by atoms with E-state index in [1.165, 1.54) is 112 Å². The Labute approximate surface area is 504 Å². The molecule has 84 heavy (non-hydrogen) atoms. The Morgan fingerprint density at radius 3 is 1.05 bits per heavy atom. The first-order valence-electron chi connectivity index (χ1n) is 30.4. The van der Waals surface area contributed by atoms with Gasteiger partial charge in [-0.1, -0.05) is 193 Å². The van der Waals surface area contributed by atoms with Crippen LogP contribution in [0.2, 0.25) is 0 Å². The van der Waals surface area contributed by atoms with Gasteiger partial charge in [-0.05, 0) is 146 Å². The molecule has 0 amide bonds. The minimum atomic E-state index is -2.07. The van der Waals surface area contributed by atoms with Gasteiger partial charge in [0, 0.05) is 73.9 Å². The van der Waals surface area contributed by atoms with E-state index in [9.17, 15) is 0 Å². The van der Waals surface area contributed by atoms with Crippen LogP contribution in [0.3, 0.4) is 0 Å². The molecule has 0 N–H and O–H groups in total. The lowest BCUT2D eigenvalue weighted by atomic mass is 9.97. The molecule has 8 aromatic carbocycles. The predicted octanol–water partition coefficient (Wildman–Crippen LogP) is 17.8. The fraction of sp³-hybridized carbons (Fsp3) is 0.150. The molecule has 0 aliphatic carbocycles. The minimum absolute atomic E-state index is 0.383. The third kappa shape index (κ3) is 14.3. The van der Waals surface area contributed by atoms with Crippen LogP contribution in [0.15, 0.2) is 267 Å². The van der Waals surface area contributed by atoms with E-state index in [-0.39, 0.29) is 0 Å². The smallest absolute Gasteiger partial charge is 0.201 e. The molecule has 0 aliphatic rings. The van der Waals surface area contributed by atoms with Gasteiger partial charge in [0.15, 0.2) is 24.8 Å². The zero-order chi connectivity index (χ0) is 61.8. The summed E-state index contributed by atoms with van der Waals surface area (Å²) in [5.41, 5.74) is 28.8. The molecule has 0 saturated carbocycles. The van der Waals surface area contributed by atoms with Crippen LogP contribution in [0.4, 0.5) is 0 Å². The maximum atomic E-state index is 7.57. The highest BCUT2D eigenvalue weighted by atomic mass is 14.9. The molecule has 0 fully saturated rings. The monoisotopic (exact) mass is 1100 g/mol. The second kappa shape index (κ2) is 27.4. The lowest BCUT2D eigenvalue weighted by molar-refractivity contribution is -0.660. The lowest BCUT2D eigenvalue weighted by Gasteiger charge is -2.10. The van der Waals surface area contributed by atoms with Gasteiger partial charge in [-0.2, -0.15) is 0 Å². The van der Waals surface area contributed by atoms with Crippen molar-refractivity contribution in [2.24, 2.45) is 28.2 Å². The highest BCUT2D eigenvalue weighted by molar-refractivity contribution is 5.74. The number of hydrogen-bond acceptors (Lipinski definition) is 0. The van der Waals surface area contributed by atoms with E-state index in [0.717, 1.165) is 16.8 Å². The van der Waals surface area contributed by atoms with Crippen molar-refractivity contribution in [2.45, 2.75) is 55.3 Å². The van der Waals surface area contributed by atoms with Gasteiger partial charge >= 0.3 is 0 Å². The van der Waals surface area contributed by atoms with Crippen LogP contribution >= 0.6 is 0 Å². The van der Waals surface area contributed by atoms with Crippen molar-refractivity contribution in [3.63, 3.8) is 0 Å². The van der Waals surface area contributed by atoms with Gasteiger partial charge in [-0.25, -0.2) is 18.3 Å². The molecule has 0 spiro atoms. The summed E-state index contributed by atoms with van der Waals surface area (Å²) in [6.45, 7) is 12.8. The Hall–Kier alpha value is -9.64. The molecule has 0 saturated heterocycles. The Bertz CT molecular complexity index is 4310. The van der Waals surface area contributed by atoms with E-state index in [1.54, 1.807) is 12.1 Å². The van der Waals surface area contributed by atoms with Crippen molar-refractivity contribution in [3.05, 3.63) is 312 Å². The molecule has 4 aromatic heterocycles. The van der Waals surface area contributed by atoms with Gasteiger partial charge in [0.25, 0.3) is 0 Å². The summed E-state index contributed by atoms with van der Waals surface area (Å²) in [6, 6.07) is 84.3. The van der Waals surface area contributed by atoms with Crippen LogP contribution in [0, 0.1) is 55.3 Å². The summed E-state index contributed by atoms with van der Waals surface area (Å²) in [7, 11) is 8.34. The van der Waals surface area contributed by atoms with E-state index < -0.39 is 6.85 Å². The average Bonchev–Trinajstić information content (AvgIpc) is 2.01. The minimum Gasteiger partial charge on any atom is -0.201 e. The van der Waals surface area contributed by atoms with Crippen molar-refractivity contribution >= 4 is 0 Å². The number of aromatic nitrogens is 4. The SMILES string of the molecule is Cc1c[n+](C)c(-c2ccccc2C)cc1-c1ccccc1.Cc1ccc(-c2cc(-c3ccccc3)cc[n+]2C)c(C)c1.Cc1ccccc1-c1cc(-c2ccccc2)cc[n+]1C.[2H]C([2H])([2H])c1ccc(-c2cc(C)c(-c3ccccc3)c[n+]2C)c(C)c1. The van der Waals surface area contributed by atoms with Gasteiger partial charge < -0.3 is 0 Å². The molecular weight excluding hydrogens is 1020 g/mol. The first-order chi connectivity index (χ1) is 41.8. The molecule has 0 radical (unpaired) electrons. The molecule has 0 aliphatic heterocycles. The van der Waals surface area contributed by atoms with Gasteiger partial charge in [-0.3, -0.25) is 0 Å². The van der Waals surface area contributed by atoms with Gasteiger partial charge in [0.1, 0.15) is 28.2 Å². The first kappa shape index (κ1) is 54.9. The number of rotatable bonds is 8. The summed E-state index contributed by atoms with van der Waals surface area (Å²) in [5.74, 6) is 0. The average molecular weight is 1100 g/mol. The third-order valence-corrected chi connectivity index (χ3v) is 15.6. The van der Waals surface area contributed by atoms with E-state index in [4.69, 9.17) is 4.11 Å². The maximum absolute atomic E-state index is 7.57. The maximum Gasteiger partial charge on any atom is 0.213 e. The predicted molar refractivity (Wildman–Crippen MR) is 352 cm³/mol. The van der Waals surface area contributed by atoms with Crippen LogP contribution in [0.1, 0.15) is 48.6 Å². The second-order valence-electron chi connectivity index (χ2n) is 22.0. The van der Waals surface area contributed by atoms with Crippen molar-refractivity contribution in [1.29, 1.82) is 0 Å². The number of pyridine rings is 4. The molecule has 0 bridgehead atoms. The Morgan fingerprint density at radius 1 is 0.238 bits per heavy atom. The van der Waals surface area contributed by atoms with Gasteiger partial charge in [-0.15, -0.1) is 0 Å². The molecule has 416 valence electrons. The highest BCUT2D eigenvalue weighted by Crippen LogP contribution is 2.31. The lowest BCUT2D eigenvalue weighted by Crippen LogP contribution is -2.31. The Balaban J connectivity index is 0.000000139. The van der Waals surface area contributed by atoms with Crippen LogP contribution in [-0.4, -0.2) is 0 Å². The second-order valence-corrected chi connectivity index (χ2v) is 22.0. The number of nitrogens with zero attached hydrogens (tertiary/aromatic N) is 4. The summed E-state index contributed by atoms with van der Waals surface area (Å²) in [5, 5.41) is 0. The topological polar surface area (TPSA) is 15.5 Å². The zero-order valence-electron chi connectivity index (χ0n) is 53.7. The van der Waals surface area contributed by atoms with Crippen LogP contribution in [0.5, 0.6) is 0 Å². The quantitative estimate of drug-likeness (QED) is 0.135. The molecule has 0 atom stereocenters. The summed E-state index contributed by atoms with van der Waals surface area (Å²) in [6.07, 6.45) is 8.61. The largest absolute Gasteiger partial charge is 0.213 e. The van der Waals surface area contributed by atoms with Crippen LogP contribution in [0.25, 0.3) is 89.5 Å². The third-order valence-electron chi connectivity index (χ3n) is 15.6. The van der Waals surface area contributed by atoms with Crippen LogP contribution in [-0.2, 0) is 28.2 Å². The van der Waals surface area contributed by atoms with Gasteiger partial charge in [0.2, 0.25) is 22.8 Å². The number of aryl methyl sites for hydroxylation is 12. The molecular formula is C80H80N4+4. The van der Waals surface area contributed by atoms with Crippen molar-refractivity contribution in [2.75, 3.05) is 0 Å².